The molecule has 0 heterocycles. The van der Waals surface area contributed by atoms with Gasteiger partial charge < -0.3 is 10.1 Å². The topological polar surface area (TPSA) is 21.3 Å². The van der Waals surface area contributed by atoms with E-state index >= 15 is 0 Å². The van der Waals surface area contributed by atoms with Gasteiger partial charge in [0.25, 0.3) is 0 Å². The zero-order valence-corrected chi connectivity index (χ0v) is 19.9. The van der Waals surface area contributed by atoms with Crippen LogP contribution in [0.5, 0.6) is 5.75 Å². The smallest absolute Gasteiger partial charge is 0.119 e. The number of para-hydroxylation sites is 1. The molecule has 1 aromatic rings. The van der Waals surface area contributed by atoms with Crippen LogP contribution in [0.1, 0.15) is 90.9 Å². The third-order valence-electron chi connectivity index (χ3n) is 4.32. The molecule has 0 aliphatic heterocycles. The molecule has 0 unspecified atom stereocenters. The molecule has 0 radical (unpaired) electrons. The van der Waals surface area contributed by atoms with Gasteiger partial charge >= 0.3 is 0 Å². The van der Waals surface area contributed by atoms with E-state index in [2.05, 4.69) is 19.2 Å². The summed E-state index contributed by atoms with van der Waals surface area (Å²) in [5.41, 5.74) is 0. The van der Waals surface area contributed by atoms with Crippen LogP contribution in [0.25, 0.3) is 0 Å². The molecule has 0 aromatic heterocycles. The van der Waals surface area contributed by atoms with Gasteiger partial charge in [-0.1, -0.05) is 109 Å². The normalized spacial score (nSPS) is 9.81. The lowest BCUT2D eigenvalue weighted by Crippen LogP contribution is -2.15. The minimum atomic E-state index is 0. The summed E-state index contributed by atoms with van der Waals surface area (Å²) < 4.78 is 5.38. The molecule has 1 aromatic carbocycles. The first-order chi connectivity index (χ1) is 12.3. The molecule has 0 aliphatic carbocycles. The Balaban J connectivity index is 0. The summed E-state index contributed by atoms with van der Waals surface area (Å²) in [6.45, 7) is 6.18. The summed E-state index contributed by atoms with van der Waals surface area (Å²) in [7, 11) is 1.91. The third kappa shape index (κ3) is 21.8. The fourth-order valence-electron chi connectivity index (χ4n) is 2.70. The summed E-state index contributed by atoms with van der Waals surface area (Å²) in [6, 6.07) is 9.82. The number of nitrogens with one attached hydrogen (secondary N) is 1. The van der Waals surface area contributed by atoms with Gasteiger partial charge in [0.15, 0.2) is 0 Å². The first-order valence-electron chi connectivity index (χ1n) is 10.7. The second-order valence-corrected chi connectivity index (χ2v) is 6.80. The predicted octanol–water partition coefficient (Wildman–Crippen LogP) is 7.61. The molecule has 3 heteroatoms. The van der Waals surface area contributed by atoms with E-state index in [-0.39, 0.29) is 24.0 Å². The zero-order chi connectivity index (χ0) is 18.4. The Hall–Kier alpha value is -0.290. The van der Waals surface area contributed by atoms with Gasteiger partial charge in [-0.2, -0.15) is 0 Å². The van der Waals surface area contributed by atoms with Gasteiger partial charge in [0.2, 0.25) is 0 Å². The van der Waals surface area contributed by atoms with E-state index in [0.29, 0.717) is 0 Å². The summed E-state index contributed by atoms with van der Waals surface area (Å²) >= 11 is 0. The Morgan fingerprint density at radius 2 is 1.12 bits per heavy atom. The van der Waals surface area contributed by atoms with Crippen molar-refractivity contribution in [1.29, 1.82) is 0 Å². The van der Waals surface area contributed by atoms with Crippen LogP contribution in [-0.2, 0) is 0 Å². The second kappa shape index (κ2) is 24.7. The van der Waals surface area contributed by atoms with E-state index < -0.39 is 0 Å². The molecule has 1 rings (SSSR count). The lowest BCUT2D eigenvalue weighted by atomic mass is 10.1. The molecular weight excluding hydrogens is 433 g/mol. The van der Waals surface area contributed by atoms with Gasteiger partial charge in [-0.05, 0) is 19.2 Å². The van der Waals surface area contributed by atoms with Crippen LogP contribution in [0.15, 0.2) is 30.3 Å². The maximum absolute atomic E-state index is 5.38. The number of likely N-dealkylation sites (N-methyl/N-ethyl adjacent to an activating group) is 1. The van der Waals surface area contributed by atoms with Crippen LogP contribution >= 0.6 is 24.0 Å². The van der Waals surface area contributed by atoms with Crippen LogP contribution < -0.4 is 10.1 Å². The van der Waals surface area contributed by atoms with E-state index in [9.17, 15) is 0 Å². The Bertz CT molecular complexity index is 333. The molecular formula is C23H44INO. The summed E-state index contributed by atoms with van der Waals surface area (Å²) in [5, 5.41) is 3.01. The number of halogens is 1. The van der Waals surface area contributed by atoms with Crippen molar-refractivity contribution >= 4 is 24.0 Å². The quantitative estimate of drug-likeness (QED) is 0.207. The standard InChI is InChI=1S/C14H30.C9H13NO.HI/c1-3-5-7-9-11-13-14-12-10-8-6-4-2;1-10-7-8-11-9-5-3-2-4-6-9;/h3-14H2,1-2H3;2-6,10H,7-8H2,1H3;1H. The molecule has 0 aliphatic rings. The number of unbranched alkanes of at least 4 members (excludes halogenated alkanes) is 11. The lowest BCUT2D eigenvalue weighted by Gasteiger charge is -2.03. The number of benzene rings is 1. The van der Waals surface area contributed by atoms with E-state index in [4.69, 9.17) is 4.74 Å². The van der Waals surface area contributed by atoms with E-state index in [1.807, 2.05) is 37.4 Å². The number of hydrogen-bond acceptors (Lipinski definition) is 2. The maximum Gasteiger partial charge on any atom is 0.119 e. The fraction of sp³-hybridized carbons (Fsp3) is 0.739. The third-order valence-corrected chi connectivity index (χ3v) is 4.32. The Morgan fingerprint density at radius 3 is 1.50 bits per heavy atom. The summed E-state index contributed by atoms with van der Waals surface area (Å²) in [5.74, 6) is 0.933. The fourth-order valence-corrected chi connectivity index (χ4v) is 2.70. The minimum absolute atomic E-state index is 0. The largest absolute Gasteiger partial charge is 0.492 e. The molecule has 1 N–H and O–H groups in total. The average molecular weight is 478 g/mol. The van der Waals surface area contributed by atoms with E-state index in [1.165, 1.54) is 77.0 Å². The van der Waals surface area contributed by atoms with Crippen LogP contribution in [0, 0.1) is 0 Å². The van der Waals surface area contributed by atoms with Gasteiger partial charge in [0.05, 0.1) is 0 Å². The molecule has 154 valence electrons. The average Bonchev–Trinajstić information content (AvgIpc) is 2.65. The summed E-state index contributed by atoms with van der Waals surface area (Å²) in [4.78, 5) is 0. The minimum Gasteiger partial charge on any atom is -0.492 e. The Morgan fingerprint density at radius 1 is 0.692 bits per heavy atom. The predicted molar refractivity (Wildman–Crippen MR) is 128 cm³/mol. The van der Waals surface area contributed by atoms with E-state index in [0.717, 1.165) is 18.9 Å². The van der Waals surface area contributed by atoms with Crippen LogP contribution in [0.2, 0.25) is 0 Å². The highest BCUT2D eigenvalue weighted by molar-refractivity contribution is 14.0. The zero-order valence-electron chi connectivity index (χ0n) is 17.6. The van der Waals surface area contributed by atoms with Gasteiger partial charge in [-0.25, -0.2) is 0 Å². The van der Waals surface area contributed by atoms with Crippen molar-refractivity contribution in [1.82, 2.24) is 5.32 Å². The first-order valence-corrected chi connectivity index (χ1v) is 10.7. The molecule has 0 bridgehead atoms. The van der Waals surface area contributed by atoms with E-state index in [1.54, 1.807) is 0 Å². The summed E-state index contributed by atoms with van der Waals surface area (Å²) in [6.07, 6.45) is 17.4. The van der Waals surface area contributed by atoms with Gasteiger partial charge in [0, 0.05) is 6.54 Å². The van der Waals surface area contributed by atoms with Crippen LogP contribution in [-0.4, -0.2) is 20.2 Å². The Kier molecular flexibility index (Phi) is 26.5. The highest BCUT2D eigenvalue weighted by Gasteiger charge is 1.91. The van der Waals surface area contributed by atoms with Gasteiger partial charge in [-0.3, -0.25) is 0 Å². The first kappa shape index (κ1) is 27.9. The molecule has 0 saturated carbocycles. The van der Waals surface area contributed by atoms with Crippen molar-refractivity contribution in [2.75, 3.05) is 20.2 Å². The van der Waals surface area contributed by atoms with Crippen molar-refractivity contribution in [2.24, 2.45) is 0 Å². The van der Waals surface area contributed by atoms with Crippen LogP contribution in [0.4, 0.5) is 0 Å². The monoisotopic (exact) mass is 477 g/mol. The molecule has 0 saturated heterocycles. The maximum atomic E-state index is 5.38. The highest BCUT2D eigenvalue weighted by Crippen LogP contribution is 2.11. The van der Waals surface area contributed by atoms with Gasteiger partial charge in [-0.15, -0.1) is 24.0 Å². The van der Waals surface area contributed by atoms with Crippen molar-refractivity contribution in [3.63, 3.8) is 0 Å². The highest BCUT2D eigenvalue weighted by atomic mass is 127. The van der Waals surface area contributed by atoms with Crippen molar-refractivity contribution in [3.05, 3.63) is 30.3 Å². The number of rotatable bonds is 15. The van der Waals surface area contributed by atoms with Crippen molar-refractivity contribution in [3.8, 4) is 5.75 Å². The molecule has 2 nitrogen and oxygen atoms in total. The SMILES string of the molecule is CCCCCCCCCCCCCC.CNCCOc1ccccc1.I. The number of ether oxygens (including phenoxy) is 1. The molecule has 0 atom stereocenters. The Labute approximate surface area is 180 Å². The van der Waals surface area contributed by atoms with Crippen molar-refractivity contribution < 1.29 is 4.74 Å². The van der Waals surface area contributed by atoms with Crippen molar-refractivity contribution in [2.45, 2.75) is 90.9 Å². The van der Waals surface area contributed by atoms with Crippen LogP contribution in [0.3, 0.4) is 0 Å². The molecule has 26 heavy (non-hydrogen) atoms. The second-order valence-electron chi connectivity index (χ2n) is 6.80. The molecule has 0 spiro atoms. The number of hydrogen-bond donors (Lipinski definition) is 1. The molecule has 0 fully saturated rings. The lowest BCUT2D eigenvalue weighted by molar-refractivity contribution is 0.318. The van der Waals surface area contributed by atoms with Gasteiger partial charge in [0.1, 0.15) is 12.4 Å². The molecule has 0 amide bonds.